The Labute approximate surface area is 254 Å². The average Bonchev–Trinajstić information content (AvgIpc) is 2.91. The highest BCUT2D eigenvalue weighted by molar-refractivity contribution is 6.30. The third kappa shape index (κ3) is 7.10. The van der Waals surface area contributed by atoms with Gasteiger partial charge in [-0.3, -0.25) is 4.79 Å². The summed E-state index contributed by atoms with van der Waals surface area (Å²) in [6, 6.07) is 15.1. The Balaban J connectivity index is 1.81. The molecule has 0 radical (unpaired) electrons. The lowest BCUT2D eigenvalue weighted by atomic mass is 9.67. The fraction of sp³-hybridized carbons (Fsp3) is 0.515. The van der Waals surface area contributed by atoms with Gasteiger partial charge in [-0.2, -0.15) is 0 Å². The second kappa shape index (κ2) is 12.8. The number of ether oxygens (including phenoxy) is 2. The van der Waals surface area contributed by atoms with Crippen LogP contribution in [0.1, 0.15) is 77.0 Å². The lowest BCUT2D eigenvalue weighted by Crippen LogP contribution is -2.61. The zero-order chi connectivity index (χ0) is 29.9. The predicted octanol–water partition coefficient (Wildman–Crippen LogP) is 8.05. The summed E-state index contributed by atoms with van der Waals surface area (Å²) in [5.74, 6) is 0.0117. The van der Waals surface area contributed by atoms with Crippen LogP contribution in [-0.2, 0) is 14.3 Å². The van der Waals surface area contributed by atoms with Crippen molar-refractivity contribution in [3.05, 3.63) is 82.4 Å². The number of nitrogens with zero attached hydrogens (tertiary/aromatic N) is 2. The summed E-state index contributed by atoms with van der Waals surface area (Å²) in [7, 11) is 0. The maximum atomic E-state index is 14.6. The highest BCUT2D eigenvalue weighted by Gasteiger charge is 2.52. The summed E-state index contributed by atoms with van der Waals surface area (Å²) < 4.78 is 12.0. The van der Waals surface area contributed by atoms with Crippen LogP contribution >= 0.6 is 23.2 Å². The molecule has 0 aliphatic carbocycles. The number of piperidine rings is 1. The molecular weight excluding hydrogens is 559 g/mol. The van der Waals surface area contributed by atoms with Gasteiger partial charge >= 0.3 is 6.09 Å². The number of hydrogen-bond donors (Lipinski definition) is 0. The van der Waals surface area contributed by atoms with Crippen LogP contribution in [0.2, 0.25) is 10.0 Å². The number of carbonyl (C=O) groups excluding carboxylic acids is 2. The lowest BCUT2D eigenvalue weighted by Gasteiger charge is -2.54. The molecule has 2 amide bonds. The van der Waals surface area contributed by atoms with Gasteiger partial charge in [0.1, 0.15) is 5.60 Å². The summed E-state index contributed by atoms with van der Waals surface area (Å²) in [6.07, 6.45) is 2.90. The molecule has 6 nitrogen and oxygen atoms in total. The van der Waals surface area contributed by atoms with Gasteiger partial charge in [0.15, 0.2) is 0 Å². The van der Waals surface area contributed by atoms with E-state index in [0.29, 0.717) is 49.0 Å². The molecule has 0 aromatic heterocycles. The van der Waals surface area contributed by atoms with Crippen molar-refractivity contribution < 1.29 is 19.1 Å². The maximum Gasteiger partial charge on any atom is 0.410 e. The fourth-order valence-corrected chi connectivity index (χ4v) is 6.62. The zero-order valence-corrected chi connectivity index (χ0v) is 26.3. The van der Waals surface area contributed by atoms with Gasteiger partial charge in [-0.25, -0.2) is 4.79 Å². The van der Waals surface area contributed by atoms with E-state index in [4.69, 9.17) is 32.7 Å². The normalized spacial score (nSPS) is 26.0. The van der Waals surface area contributed by atoms with Crippen molar-refractivity contribution in [3.63, 3.8) is 0 Å². The molecule has 0 N–H and O–H groups in total. The summed E-state index contributed by atoms with van der Waals surface area (Å²) in [5, 5.41) is 1.29. The van der Waals surface area contributed by atoms with Crippen LogP contribution in [0.25, 0.3) is 0 Å². The molecule has 41 heavy (non-hydrogen) atoms. The van der Waals surface area contributed by atoms with Crippen LogP contribution in [0, 0.1) is 5.41 Å². The van der Waals surface area contributed by atoms with E-state index >= 15 is 0 Å². The molecule has 4 rings (SSSR count). The number of hydrogen-bond acceptors (Lipinski definition) is 4. The number of amides is 2. The van der Waals surface area contributed by atoms with Crippen molar-refractivity contribution in [2.45, 2.75) is 83.6 Å². The Bertz CT molecular complexity index is 1240. The minimum absolute atomic E-state index is 0.0443. The second-order valence-corrected chi connectivity index (χ2v) is 13.3. The number of benzene rings is 2. The Morgan fingerprint density at radius 3 is 2.49 bits per heavy atom. The molecule has 0 bridgehead atoms. The highest BCUT2D eigenvalue weighted by atomic mass is 35.5. The first-order valence-corrected chi connectivity index (χ1v) is 15.2. The van der Waals surface area contributed by atoms with Gasteiger partial charge in [0.05, 0.1) is 36.8 Å². The molecule has 2 saturated heterocycles. The monoisotopic (exact) mass is 600 g/mol. The van der Waals surface area contributed by atoms with Gasteiger partial charge in [-0.1, -0.05) is 67.4 Å². The second-order valence-electron chi connectivity index (χ2n) is 12.4. The minimum Gasteiger partial charge on any atom is -0.444 e. The molecular formula is C33H42Cl2N2O4. The molecule has 2 unspecified atom stereocenters. The molecule has 2 aromatic carbocycles. The van der Waals surface area contributed by atoms with E-state index in [2.05, 4.69) is 19.6 Å². The van der Waals surface area contributed by atoms with Gasteiger partial charge in [0.2, 0.25) is 5.91 Å². The standard InChI is InChI=1S/C33H42Cl2N2O4/c1-7-16-33(6)20-26(23-10-9-11-25(35)19-23)29(22-12-14-24(34)15-13-22)37(30(33)38)27(8-2)28-21-36(17-18-40-28)31(39)41-32(3,4)5/h7,9-15,19,26-29H,1,8,16-18,20-21H2,2-6H3/t26?,27?,28-,29+,33-/m0/s1. The van der Waals surface area contributed by atoms with Crippen molar-refractivity contribution in [1.29, 1.82) is 0 Å². The number of rotatable bonds is 7. The van der Waals surface area contributed by atoms with E-state index < -0.39 is 11.0 Å². The smallest absolute Gasteiger partial charge is 0.410 e. The molecule has 2 heterocycles. The van der Waals surface area contributed by atoms with Crippen LogP contribution in [0.5, 0.6) is 0 Å². The molecule has 2 aliphatic rings. The molecule has 0 spiro atoms. The SMILES string of the molecule is C=CC[C@@]1(C)CC(c2cccc(Cl)c2)[C@@H](c2ccc(Cl)cc2)N(C(CC)[C@@H]2CN(C(=O)OC(C)(C)C)CCO2)C1=O. The molecule has 0 saturated carbocycles. The Morgan fingerprint density at radius 1 is 1.17 bits per heavy atom. The molecule has 2 fully saturated rings. The average molecular weight is 602 g/mol. The van der Waals surface area contributed by atoms with Gasteiger partial charge in [0.25, 0.3) is 0 Å². The summed E-state index contributed by atoms with van der Waals surface area (Å²) >= 11 is 12.8. The van der Waals surface area contributed by atoms with E-state index in [9.17, 15) is 9.59 Å². The number of halogens is 2. The van der Waals surface area contributed by atoms with Crippen LogP contribution in [0.15, 0.2) is 61.2 Å². The van der Waals surface area contributed by atoms with Gasteiger partial charge < -0.3 is 19.3 Å². The van der Waals surface area contributed by atoms with E-state index in [1.165, 1.54) is 0 Å². The van der Waals surface area contributed by atoms with Gasteiger partial charge in [-0.15, -0.1) is 6.58 Å². The summed E-state index contributed by atoms with van der Waals surface area (Å²) in [4.78, 5) is 31.4. The number of morpholine rings is 1. The van der Waals surface area contributed by atoms with Crippen LogP contribution in [0.3, 0.4) is 0 Å². The number of allylic oxidation sites excluding steroid dienone is 1. The quantitative estimate of drug-likeness (QED) is 0.302. The molecule has 5 atom stereocenters. The molecule has 2 aromatic rings. The number of likely N-dealkylation sites (tertiary alicyclic amines) is 1. The molecule has 222 valence electrons. The first-order valence-electron chi connectivity index (χ1n) is 14.4. The van der Waals surface area contributed by atoms with Crippen LogP contribution in [-0.4, -0.2) is 59.2 Å². The Morgan fingerprint density at radius 2 is 1.88 bits per heavy atom. The van der Waals surface area contributed by atoms with Gasteiger partial charge in [0, 0.05) is 22.5 Å². The van der Waals surface area contributed by atoms with E-state index in [1.807, 2.05) is 81.1 Å². The van der Waals surface area contributed by atoms with Gasteiger partial charge in [-0.05, 0) is 75.4 Å². The van der Waals surface area contributed by atoms with E-state index in [-0.39, 0.29) is 36.1 Å². The zero-order valence-electron chi connectivity index (χ0n) is 24.7. The molecule has 2 aliphatic heterocycles. The maximum absolute atomic E-state index is 14.6. The van der Waals surface area contributed by atoms with Crippen molar-refractivity contribution in [3.8, 4) is 0 Å². The molecule has 8 heteroatoms. The largest absolute Gasteiger partial charge is 0.444 e. The van der Waals surface area contributed by atoms with Crippen molar-refractivity contribution in [2.75, 3.05) is 19.7 Å². The van der Waals surface area contributed by atoms with Crippen molar-refractivity contribution in [1.82, 2.24) is 9.80 Å². The van der Waals surface area contributed by atoms with Crippen molar-refractivity contribution >= 4 is 35.2 Å². The fourth-order valence-electron chi connectivity index (χ4n) is 6.29. The summed E-state index contributed by atoms with van der Waals surface area (Å²) in [5.41, 5.74) is 0.783. The first kappa shape index (κ1) is 31.4. The topological polar surface area (TPSA) is 59.1 Å². The first-order chi connectivity index (χ1) is 19.4. The van der Waals surface area contributed by atoms with Crippen molar-refractivity contribution in [2.24, 2.45) is 5.41 Å². The number of carbonyl (C=O) groups is 2. The van der Waals surface area contributed by atoms with E-state index in [1.54, 1.807) is 4.90 Å². The van der Waals surface area contributed by atoms with E-state index in [0.717, 1.165) is 11.1 Å². The predicted molar refractivity (Wildman–Crippen MR) is 164 cm³/mol. The Hall–Kier alpha value is -2.54. The lowest BCUT2D eigenvalue weighted by molar-refractivity contribution is -0.163. The van der Waals surface area contributed by atoms with Crippen LogP contribution in [0.4, 0.5) is 4.79 Å². The third-order valence-electron chi connectivity index (χ3n) is 8.14. The van der Waals surface area contributed by atoms with Crippen LogP contribution < -0.4 is 0 Å². The minimum atomic E-state index is -0.676. The highest BCUT2D eigenvalue weighted by Crippen LogP contribution is 2.52. The Kier molecular flexibility index (Phi) is 9.77. The third-order valence-corrected chi connectivity index (χ3v) is 8.62. The summed E-state index contributed by atoms with van der Waals surface area (Å²) in [6.45, 7) is 14.8.